The highest BCUT2D eigenvalue weighted by atomic mass is 79.9. The van der Waals surface area contributed by atoms with E-state index in [0.29, 0.717) is 5.82 Å². The fraction of sp³-hybridized carbons (Fsp3) is 0.0625. The van der Waals surface area contributed by atoms with Gasteiger partial charge in [-0.3, -0.25) is 4.79 Å². The van der Waals surface area contributed by atoms with Gasteiger partial charge in [0.1, 0.15) is 11.6 Å². The quantitative estimate of drug-likeness (QED) is 0.699. The summed E-state index contributed by atoms with van der Waals surface area (Å²) >= 11 is 3.25. The molecule has 0 saturated heterocycles. The highest BCUT2D eigenvalue weighted by Crippen LogP contribution is 2.18. The smallest absolute Gasteiger partial charge is 0.277 e. The van der Waals surface area contributed by atoms with Crippen LogP contribution in [0.15, 0.2) is 53.3 Å². The first-order valence-electron chi connectivity index (χ1n) is 7.05. The molecule has 1 amide bonds. The Balaban J connectivity index is 1.61. The van der Waals surface area contributed by atoms with Crippen LogP contribution in [0.5, 0.6) is 5.75 Å². The van der Waals surface area contributed by atoms with Crippen LogP contribution in [0.2, 0.25) is 0 Å². The van der Waals surface area contributed by atoms with Gasteiger partial charge in [0.2, 0.25) is 0 Å². The number of carbonyl (C=O) groups excluding carboxylic acids is 1. The molecule has 3 aromatic rings. The number of halogens is 3. The third-order valence-electron chi connectivity index (χ3n) is 3.09. The lowest BCUT2D eigenvalue weighted by molar-refractivity contribution is 0.101. The van der Waals surface area contributed by atoms with E-state index in [1.54, 1.807) is 18.3 Å². The van der Waals surface area contributed by atoms with E-state index >= 15 is 0 Å². The van der Waals surface area contributed by atoms with Gasteiger partial charge < -0.3 is 10.1 Å². The van der Waals surface area contributed by atoms with Crippen molar-refractivity contribution < 1.29 is 18.3 Å². The molecule has 2 heterocycles. The second-order valence-corrected chi connectivity index (χ2v) is 5.82. The maximum absolute atomic E-state index is 13.5. The van der Waals surface area contributed by atoms with Crippen LogP contribution in [0.3, 0.4) is 0 Å². The van der Waals surface area contributed by atoms with Crippen molar-refractivity contribution in [2.45, 2.75) is 6.73 Å². The van der Waals surface area contributed by atoms with Gasteiger partial charge in [0, 0.05) is 22.9 Å². The Labute approximate surface area is 149 Å². The summed E-state index contributed by atoms with van der Waals surface area (Å²) in [6.45, 7) is -0.133. The molecule has 6 nitrogen and oxygen atoms in total. The summed E-state index contributed by atoms with van der Waals surface area (Å²) < 4.78 is 33.6. The number of anilines is 1. The van der Waals surface area contributed by atoms with E-state index in [2.05, 4.69) is 31.3 Å². The monoisotopic (exact) mass is 408 g/mol. The molecular formula is C16H11BrF2N4O2. The van der Waals surface area contributed by atoms with Crippen LogP contribution in [-0.4, -0.2) is 20.7 Å². The maximum atomic E-state index is 13.5. The fourth-order valence-electron chi connectivity index (χ4n) is 1.91. The average molecular weight is 409 g/mol. The van der Waals surface area contributed by atoms with Crippen LogP contribution in [0.25, 0.3) is 0 Å². The molecule has 1 aromatic carbocycles. The molecule has 0 radical (unpaired) electrons. The molecule has 0 aliphatic rings. The number of hydrogen-bond acceptors (Lipinski definition) is 4. The Morgan fingerprint density at radius 2 is 2.08 bits per heavy atom. The van der Waals surface area contributed by atoms with Gasteiger partial charge in [0.15, 0.2) is 24.0 Å². The number of benzene rings is 1. The maximum Gasteiger partial charge on any atom is 0.277 e. The van der Waals surface area contributed by atoms with Crippen LogP contribution >= 0.6 is 15.9 Å². The van der Waals surface area contributed by atoms with E-state index in [1.165, 1.54) is 23.0 Å². The van der Waals surface area contributed by atoms with Gasteiger partial charge in [0.25, 0.3) is 5.91 Å². The number of aromatic nitrogens is 3. The number of rotatable bonds is 5. The third-order valence-corrected chi connectivity index (χ3v) is 3.56. The van der Waals surface area contributed by atoms with E-state index in [1.807, 2.05) is 0 Å². The van der Waals surface area contributed by atoms with Crippen molar-refractivity contribution >= 4 is 27.7 Å². The third kappa shape index (κ3) is 4.38. The molecule has 1 N–H and O–H groups in total. The summed E-state index contributed by atoms with van der Waals surface area (Å²) in [6, 6.07) is 7.86. The molecule has 0 bridgehead atoms. The Morgan fingerprint density at radius 3 is 2.80 bits per heavy atom. The molecule has 9 heteroatoms. The Bertz CT molecular complexity index is 899. The lowest BCUT2D eigenvalue weighted by Gasteiger charge is -2.07. The number of amides is 1. The van der Waals surface area contributed by atoms with Gasteiger partial charge in [-0.15, -0.1) is 0 Å². The van der Waals surface area contributed by atoms with Gasteiger partial charge in [-0.25, -0.2) is 18.4 Å². The van der Waals surface area contributed by atoms with Crippen molar-refractivity contribution in [3.63, 3.8) is 0 Å². The second kappa shape index (κ2) is 7.39. The van der Waals surface area contributed by atoms with Crippen molar-refractivity contribution in [3.05, 3.63) is 70.6 Å². The summed E-state index contributed by atoms with van der Waals surface area (Å²) in [4.78, 5) is 16.1. The molecule has 2 aromatic heterocycles. The molecule has 0 aliphatic heterocycles. The molecule has 0 spiro atoms. The summed E-state index contributed by atoms with van der Waals surface area (Å²) in [7, 11) is 0. The second-order valence-electron chi connectivity index (χ2n) is 4.90. The van der Waals surface area contributed by atoms with Crippen molar-refractivity contribution in [1.82, 2.24) is 14.8 Å². The minimum absolute atomic E-state index is 0.109. The van der Waals surface area contributed by atoms with Crippen molar-refractivity contribution in [2.75, 3.05) is 5.32 Å². The van der Waals surface area contributed by atoms with Crippen LogP contribution in [0.4, 0.5) is 14.6 Å². The van der Waals surface area contributed by atoms with Gasteiger partial charge in [0.05, 0.1) is 0 Å². The molecule has 0 atom stereocenters. The molecule has 3 rings (SSSR count). The van der Waals surface area contributed by atoms with E-state index in [-0.39, 0.29) is 18.2 Å². The number of nitrogens with zero attached hydrogens (tertiary/aromatic N) is 3. The zero-order valence-corrected chi connectivity index (χ0v) is 14.2. The number of hydrogen-bond donors (Lipinski definition) is 1. The van der Waals surface area contributed by atoms with Crippen molar-refractivity contribution in [2.24, 2.45) is 0 Å². The Kier molecular flexibility index (Phi) is 5.03. The minimum atomic E-state index is -0.813. The number of pyridine rings is 1. The first-order valence-corrected chi connectivity index (χ1v) is 7.85. The Hall–Kier alpha value is -2.81. The molecule has 0 unspecified atom stereocenters. The zero-order valence-electron chi connectivity index (χ0n) is 12.6. The minimum Gasteiger partial charge on any atom is -0.468 e. The van der Waals surface area contributed by atoms with Crippen LogP contribution < -0.4 is 10.1 Å². The van der Waals surface area contributed by atoms with Crippen LogP contribution in [-0.2, 0) is 6.73 Å². The molecule has 0 fully saturated rings. The van der Waals surface area contributed by atoms with E-state index in [4.69, 9.17) is 4.74 Å². The first-order chi connectivity index (χ1) is 12.0. The molecule has 25 heavy (non-hydrogen) atoms. The lowest BCUT2D eigenvalue weighted by Crippen LogP contribution is -2.15. The van der Waals surface area contributed by atoms with Crippen LogP contribution in [0.1, 0.15) is 10.5 Å². The normalized spacial score (nSPS) is 10.5. The molecule has 0 aliphatic carbocycles. The van der Waals surface area contributed by atoms with Gasteiger partial charge in [-0.2, -0.15) is 5.10 Å². The van der Waals surface area contributed by atoms with Gasteiger partial charge in [-0.05, 0) is 46.3 Å². The molecule has 128 valence electrons. The average Bonchev–Trinajstić information content (AvgIpc) is 3.05. The first kappa shape index (κ1) is 17.0. The van der Waals surface area contributed by atoms with Crippen LogP contribution in [0, 0.1) is 11.6 Å². The zero-order chi connectivity index (χ0) is 17.8. The number of ether oxygens (including phenoxy) is 1. The number of nitrogens with one attached hydrogen (secondary N) is 1. The number of carbonyl (C=O) groups is 1. The standard InChI is InChI=1S/C16H11BrF2N4O2/c17-10-1-4-15(20-8-10)21-16(24)13-5-6-23(22-13)9-25-14-3-2-11(18)7-12(14)19/h1-8H,9H2,(H,20,21,24). The van der Waals surface area contributed by atoms with Gasteiger partial charge >= 0.3 is 0 Å². The summed E-state index contributed by atoms with van der Waals surface area (Å²) in [6.07, 6.45) is 3.06. The van der Waals surface area contributed by atoms with E-state index in [0.717, 1.165) is 16.6 Å². The lowest BCUT2D eigenvalue weighted by atomic mass is 10.3. The largest absolute Gasteiger partial charge is 0.468 e. The van der Waals surface area contributed by atoms with Crippen molar-refractivity contribution in [1.29, 1.82) is 0 Å². The van der Waals surface area contributed by atoms with Crippen molar-refractivity contribution in [3.8, 4) is 5.75 Å². The SMILES string of the molecule is O=C(Nc1ccc(Br)cn1)c1ccn(COc2ccc(F)cc2F)n1. The highest BCUT2D eigenvalue weighted by molar-refractivity contribution is 9.10. The Morgan fingerprint density at radius 1 is 1.24 bits per heavy atom. The summed E-state index contributed by atoms with van der Waals surface area (Å²) in [5.74, 6) is -1.67. The van der Waals surface area contributed by atoms with Gasteiger partial charge in [-0.1, -0.05) is 0 Å². The van der Waals surface area contributed by atoms with E-state index in [9.17, 15) is 13.6 Å². The topological polar surface area (TPSA) is 69.0 Å². The summed E-state index contributed by atoms with van der Waals surface area (Å²) in [5, 5.41) is 6.63. The predicted octanol–water partition coefficient (Wildman–Crippen LogP) is 3.61. The van der Waals surface area contributed by atoms with E-state index < -0.39 is 17.5 Å². The predicted molar refractivity (Wildman–Crippen MR) is 89.1 cm³/mol. The molecule has 0 saturated carbocycles. The highest BCUT2D eigenvalue weighted by Gasteiger charge is 2.11. The summed E-state index contributed by atoms with van der Waals surface area (Å²) in [5.41, 5.74) is 0.146. The molecular weight excluding hydrogens is 398 g/mol. The fourth-order valence-corrected chi connectivity index (χ4v) is 2.15.